The molecule has 4 atom stereocenters. The molecule has 0 radical (unpaired) electrons. The molecule has 0 saturated heterocycles. The number of carboxylic acid groups (broad SMARTS) is 1. The van der Waals surface area contributed by atoms with Gasteiger partial charge in [0.05, 0.1) is 12.4 Å². The van der Waals surface area contributed by atoms with Gasteiger partial charge < -0.3 is 31.8 Å². The van der Waals surface area contributed by atoms with Crippen molar-refractivity contribution in [2.75, 3.05) is 5.75 Å². The first-order valence-corrected chi connectivity index (χ1v) is 8.76. The molecule has 0 bridgehead atoms. The van der Waals surface area contributed by atoms with Gasteiger partial charge in [0.2, 0.25) is 17.7 Å². The van der Waals surface area contributed by atoms with Crippen molar-refractivity contribution in [1.82, 2.24) is 25.9 Å². The Labute approximate surface area is 161 Å². The average molecular weight is 400 g/mol. The van der Waals surface area contributed by atoms with E-state index in [1.165, 1.54) is 26.4 Å². The number of nitrogens with one attached hydrogen (secondary N) is 4. The Kier molecular flexibility index (Phi) is 8.75. The molecule has 150 valence electrons. The number of hydrogen-bond donors (Lipinski definition) is 7. The van der Waals surface area contributed by atoms with Crippen LogP contribution >= 0.6 is 12.6 Å². The molecule has 12 heteroatoms. The van der Waals surface area contributed by atoms with Crippen LogP contribution in [0, 0.1) is 0 Å². The molecule has 0 fully saturated rings. The molecule has 0 saturated carbocycles. The summed E-state index contributed by atoms with van der Waals surface area (Å²) in [4.78, 5) is 53.7. The van der Waals surface area contributed by atoms with Crippen molar-refractivity contribution >= 4 is 36.3 Å². The SMILES string of the molecule is CC(NC(=O)C(C)NC(=O)C(CS)NC(=O)C(N)Cc1cnc[nH]1)C(=O)O. The van der Waals surface area contributed by atoms with Gasteiger partial charge in [-0.3, -0.25) is 19.2 Å². The van der Waals surface area contributed by atoms with Gasteiger partial charge in [-0.15, -0.1) is 0 Å². The molecule has 0 aliphatic heterocycles. The van der Waals surface area contributed by atoms with Gasteiger partial charge in [-0.25, -0.2) is 4.98 Å². The van der Waals surface area contributed by atoms with Crippen LogP contribution in [0.5, 0.6) is 0 Å². The molecule has 1 aromatic heterocycles. The first-order valence-electron chi connectivity index (χ1n) is 8.13. The third-order valence-corrected chi connectivity index (χ3v) is 3.99. The second-order valence-corrected chi connectivity index (χ2v) is 6.30. The smallest absolute Gasteiger partial charge is 0.325 e. The van der Waals surface area contributed by atoms with Crippen molar-refractivity contribution in [3.05, 3.63) is 18.2 Å². The standard InChI is InChI=1S/C15H24N6O5S/c1-7(12(22)20-8(2)15(25)26)19-14(24)11(5-27)21-13(23)10(16)3-9-4-17-6-18-9/h4,6-8,10-11,27H,3,5,16H2,1-2H3,(H,17,18)(H,19,24)(H,20,22)(H,21,23)(H,25,26). The number of aliphatic carboxylic acids is 1. The number of aromatic amines is 1. The molecule has 27 heavy (non-hydrogen) atoms. The molecular formula is C15H24N6O5S. The maximum Gasteiger partial charge on any atom is 0.325 e. The minimum atomic E-state index is -1.20. The monoisotopic (exact) mass is 400 g/mol. The predicted molar refractivity (Wildman–Crippen MR) is 98.9 cm³/mol. The van der Waals surface area contributed by atoms with Gasteiger partial charge in [-0.1, -0.05) is 0 Å². The van der Waals surface area contributed by atoms with E-state index in [9.17, 15) is 19.2 Å². The van der Waals surface area contributed by atoms with Crippen LogP contribution in [0.1, 0.15) is 19.5 Å². The molecule has 1 heterocycles. The van der Waals surface area contributed by atoms with E-state index in [-0.39, 0.29) is 12.2 Å². The second-order valence-electron chi connectivity index (χ2n) is 5.93. The Morgan fingerprint density at radius 1 is 1.15 bits per heavy atom. The molecule has 0 spiro atoms. The highest BCUT2D eigenvalue weighted by atomic mass is 32.1. The Morgan fingerprint density at radius 3 is 2.30 bits per heavy atom. The lowest BCUT2D eigenvalue weighted by atomic mass is 10.1. The fourth-order valence-electron chi connectivity index (χ4n) is 1.98. The van der Waals surface area contributed by atoms with Gasteiger partial charge in [-0.2, -0.15) is 12.6 Å². The van der Waals surface area contributed by atoms with Crippen molar-refractivity contribution in [3.63, 3.8) is 0 Å². The summed E-state index contributed by atoms with van der Waals surface area (Å²) >= 11 is 4.03. The zero-order valence-corrected chi connectivity index (χ0v) is 15.8. The lowest BCUT2D eigenvalue weighted by Gasteiger charge is -2.21. The van der Waals surface area contributed by atoms with E-state index in [1.807, 2.05) is 0 Å². The Balaban J connectivity index is 2.56. The number of imidazole rings is 1. The fraction of sp³-hybridized carbons (Fsp3) is 0.533. The quantitative estimate of drug-likeness (QED) is 0.217. The number of carbonyl (C=O) groups is 4. The molecule has 1 rings (SSSR count). The highest BCUT2D eigenvalue weighted by Crippen LogP contribution is 1.99. The molecule has 0 aromatic carbocycles. The summed E-state index contributed by atoms with van der Waals surface area (Å²) in [5, 5.41) is 15.9. The van der Waals surface area contributed by atoms with Crippen LogP contribution in [0.2, 0.25) is 0 Å². The lowest BCUT2D eigenvalue weighted by Crippen LogP contribution is -2.56. The van der Waals surface area contributed by atoms with Gasteiger partial charge in [0, 0.05) is 24.1 Å². The van der Waals surface area contributed by atoms with Crippen molar-refractivity contribution in [2.45, 2.75) is 44.4 Å². The van der Waals surface area contributed by atoms with Crippen LogP contribution in [0.15, 0.2) is 12.5 Å². The molecule has 4 unspecified atom stereocenters. The van der Waals surface area contributed by atoms with Crippen LogP contribution in [-0.2, 0) is 25.6 Å². The topological polar surface area (TPSA) is 179 Å². The highest BCUT2D eigenvalue weighted by Gasteiger charge is 2.26. The van der Waals surface area contributed by atoms with Gasteiger partial charge in [0.15, 0.2) is 0 Å². The number of thiol groups is 1. The molecule has 1 aromatic rings. The van der Waals surface area contributed by atoms with E-state index in [1.54, 1.807) is 0 Å². The second kappa shape index (κ2) is 10.5. The van der Waals surface area contributed by atoms with E-state index in [0.29, 0.717) is 5.69 Å². The van der Waals surface area contributed by atoms with Crippen LogP contribution < -0.4 is 21.7 Å². The Morgan fingerprint density at radius 2 is 1.78 bits per heavy atom. The summed E-state index contributed by atoms with van der Waals surface area (Å²) in [5.41, 5.74) is 6.48. The minimum Gasteiger partial charge on any atom is -0.480 e. The van der Waals surface area contributed by atoms with E-state index in [0.717, 1.165) is 0 Å². The lowest BCUT2D eigenvalue weighted by molar-refractivity contribution is -0.141. The van der Waals surface area contributed by atoms with Gasteiger partial charge >= 0.3 is 5.97 Å². The van der Waals surface area contributed by atoms with Gasteiger partial charge in [0.25, 0.3) is 0 Å². The first-order chi connectivity index (χ1) is 12.6. The van der Waals surface area contributed by atoms with Gasteiger partial charge in [0.1, 0.15) is 18.1 Å². The number of rotatable bonds is 10. The molecule has 0 aliphatic rings. The highest BCUT2D eigenvalue weighted by molar-refractivity contribution is 7.80. The normalized spacial score (nSPS) is 15.1. The number of hydrogen-bond acceptors (Lipinski definition) is 7. The predicted octanol–water partition coefficient (Wildman–Crippen LogP) is -2.21. The molecular weight excluding hydrogens is 376 g/mol. The van der Waals surface area contributed by atoms with E-state index in [4.69, 9.17) is 10.8 Å². The van der Waals surface area contributed by atoms with E-state index >= 15 is 0 Å². The number of aromatic nitrogens is 2. The van der Waals surface area contributed by atoms with Crippen molar-refractivity contribution in [2.24, 2.45) is 5.73 Å². The summed E-state index contributed by atoms with van der Waals surface area (Å²) in [7, 11) is 0. The van der Waals surface area contributed by atoms with Crippen molar-refractivity contribution < 1.29 is 24.3 Å². The van der Waals surface area contributed by atoms with Crippen molar-refractivity contribution in [1.29, 1.82) is 0 Å². The Bertz CT molecular complexity index is 668. The number of carboxylic acids is 1. The maximum atomic E-state index is 12.3. The number of amides is 3. The summed E-state index contributed by atoms with van der Waals surface area (Å²) in [6.07, 6.45) is 3.20. The van der Waals surface area contributed by atoms with E-state index in [2.05, 4.69) is 38.5 Å². The third-order valence-electron chi connectivity index (χ3n) is 3.63. The first kappa shape index (κ1) is 22.4. The molecule has 7 N–H and O–H groups in total. The molecule has 3 amide bonds. The minimum absolute atomic E-state index is 0.0196. The van der Waals surface area contributed by atoms with Crippen LogP contribution in [-0.4, -0.2) is 68.7 Å². The number of carbonyl (C=O) groups excluding carboxylic acids is 3. The number of H-pyrrole nitrogens is 1. The summed E-state index contributed by atoms with van der Waals surface area (Å²) in [5.74, 6) is -3.09. The number of nitrogens with zero attached hydrogens (tertiary/aromatic N) is 1. The summed E-state index contributed by atoms with van der Waals surface area (Å²) in [6, 6.07) is -4.02. The van der Waals surface area contributed by atoms with Crippen LogP contribution in [0.3, 0.4) is 0 Å². The zero-order chi connectivity index (χ0) is 20.6. The maximum absolute atomic E-state index is 12.3. The fourth-order valence-corrected chi connectivity index (χ4v) is 2.24. The molecule has 11 nitrogen and oxygen atoms in total. The summed E-state index contributed by atoms with van der Waals surface area (Å²) < 4.78 is 0. The molecule has 0 aliphatic carbocycles. The number of nitrogens with two attached hydrogens (primary N) is 1. The third kappa shape index (κ3) is 7.27. The summed E-state index contributed by atoms with van der Waals surface area (Å²) in [6.45, 7) is 2.69. The Hall–Kier alpha value is -2.60. The average Bonchev–Trinajstić information content (AvgIpc) is 3.11. The van der Waals surface area contributed by atoms with Crippen LogP contribution in [0.25, 0.3) is 0 Å². The van der Waals surface area contributed by atoms with Gasteiger partial charge in [-0.05, 0) is 13.8 Å². The van der Waals surface area contributed by atoms with E-state index < -0.39 is 47.9 Å². The van der Waals surface area contributed by atoms with Crippen LogP contribution in [0.4, 0.5) is 0 Å². The van der Waals surface area contributed by atoms with Crippen molar-refractivity contribution in [3.8, 4) is 0 Å². The zero-order valence-electron chi connectivity index (χ0n) is 14.9. The largest absolute Gasteiger partial charge is 0.480 e.